The molecule has 0 aliphatic heterocycles. The van der Waals surface area contributed by atoms with Crippen LogP contribution >= 0.6 is 11.6 Å². The van der Waals surface area contributed by atoms with Crippen molar-refractivity contribution in [3.63, 3.8) is 0 Å². The van der Waals surface area contributed by atoms with Crippen molar-refractivity contribution < 1.29 is 27.4 Å². The number of ether oxygens (including phenoxy) is 2. The van der Waals surface area contributed by atoms with E-state index in [0.717, 1.165) is 0 Å². The molecule has 8 heteroatoms. The summed E-state index contributed by atoms with van der Waals surface area (Å²) in [6.07, 6.45) is -5.77. The van der Waals surface area contributed by atoms with Crippen molar-refractivity contribution in [2.45, 2.75) is 13.1 Å². The van der Waals surface area contributed by atoms with Crippen LogP contribution in [0.3, 0.4) is 0 Å². The minimum atomic E-state index is -4.56. The highest BCUT2D eigenvalue weighted by Gasteiger charge is 2.29. The molecule has 106 valence electrons. The predicted octanol–water partition coefficient (Wildman–Crippen LogP) is 3.85. The Bertz CT molecular complexity index is 451. The van der Waals surface area contributed by atoms with Crippen LogP contribution < -0.4 is 10.1 Å². The first-order valence-corrected chi connectivity index (χ1v) is 5.62. The summed E-state index contributed by atoms with van der Waals surface area (Å²) in [7, 11) is 0. The first-order valence-electron chi connectivity index (χ1n) is 5.24. The number of nitrogens with one attached hydrogen (secondary N) is 1. The summed E-state index contributed by atoms with van der Waals surface area (Å²) in [6.45, 7) is 0.542. The summed E-state index contributed by atoms with van der Waals surface area (Å²) in [5, 5.41) is 2.36. The van der Waals surface area contributed by atoms with Crippen LogP contribution in [-0.4, -0.2) is 25.5 Å². The van der Waals surface area contributed by atoms with E-state index in [0.29, 0.717) is 12.4 Å². The van der Waals surface area contributed by atoms with Gasteiger partial charge in [-0.15, -0.1) is 0 Å². The van der Waals surface area contributed by atoms with Gasteiger partial charge in [0, 0.05) is 5.69 Å². The fraction of sp³-hybridized carbons (Fsp3) is 0.364. The van der Waals surface area contributed by atoms with Gasteiger partial charge in [-0.3, -0.25) is 5.32 Å². The zero-order valence-corrected chi connectivity index (χ0v) is 10.6. The Balaban J connectivity index is 2.58. The molecule has 4 nitrogen and oxygen atoms in total. The number of hydrogen-bond donors (Lipinski definition) is 1. The quantitative estimate of drug-likeness (QED) is 0.918. The van der Waals surface area contributed by atoms with E-state index in [1.54, 1.807) is 6.92 Å². The van der Waals surface area contributed by atoms with Crippen molar-refractivity contribution in [1.29, 1.82) is 0 Å². The van der Waals surface area contributed by atoms with Crippen molar-refractivity contribution in [1.82, 2.24) is 0 Å². The number of carbonyl (C=O) groups is 1. The van der Waals surface area contributed by atoms with Gasteiger partial charge < -0.3 is 9.47 Å². The van der Waals surface area contributed by atoms with E-state index in [1.807, 2.05) is 0 Å². The molecular formula is C11H11ClF3NO3. The highest BCUT2D eigenvalue weighted by Crippen LogP contribution is 2.27. The molecular weight excluding hydrogens is 287 g/mol. The molecule has 0 heterocycles. The number of carbonyl (C=O) groups excluding carboxylic acids is 1. The summed E-state index contributed by atoms with van der Waals surface area (Å²) in [5.74, 6) is 0.415. The number of hydrogen-bond acceptors (Lipinski definition) is 3. The van der Waals surface area contributed by atoms with E-state index < -0.39 is 18.9 Å². The lowest BCUT2D eigenvalue weighted by atomic mass is 10.3. The third-order valence-corrected chi connectivity index (χ3v) is 2.14. The lowest BCUT2D eigenvalue weighted by molar-refractivity contribution is -0.159. The number of anilines is 1. The highest BCUT2D eigenvalue weighted by molar-refractivity contribution is 6.32. The number of benzene rings is 1. The Hall–Kier alpha value is -1.63. The monoisotopic (exact) mass is 297 g/mol. The smallest absolute Gasteiger partial charge is 0.422 e. The fourth-order valence-electron chi connectivity index (χ4n) is 1.15. The molecule has 0 saturated carbocycles. The lowest BCUT2D eigenvalue weighted by Crippen LogP contribution is -2.23. The molecule has 0 aliphatic rings. The molecule has 1 N–H and O–H groups in total. The fourth-order valence-corrected chi connectivity index (χ4v) is 1.39. The normalized spacial score (nSPS) is 11.0. The molecule has 19 heavy (non-hydrogen) atoms. The second-order valence-corrected chi connectivity index (χ2v) is 3.80. The van der Waals surface area contributed by atoms with E-state index in [1.165, 1.54) is 18.2 Å². The topological polar surface area (TPSA) is 47.6 Å². The molecule has 0 saturated heterocycles. The SMILES string of the molecule is CCOc1ccc(NC(=O)OCC(F)(F)F)cc1Cl. The predicted molar refractivity (Wildman–Crippen MR) is 63.6 cm³/mol. The molecule has 0 fully saturated rings. The van der Waals surface area contributed by atoms with Gasteiger partial charge in [-0.1, -0.05) is 11.6 Å². The van der Waals surface area contributed by atoms with Crippen LogP contribution in [0.5, 0.6) is 5.75 Å². The van der Waals surface area contributed by atoms with E-state index >= 15 is 0 Å². The molecule has 0 radical (unpaired) electrons. The minimum absolute atomic E-state index is 0.209. The zero-order valence-electron chi connectivity index (χ0n) is 9.88. The standard InChI is InChI=1S/C11H11ClF3NO3/c1-2-18-9-4-3-7(5-8(9)12)16-10(17)19-6-11(13,14)15/h3-5H,2,6H2,1H3,(H,16,17). The van der Waals surface area contributed by atoms with E-state index in [-0.39, 0.29) is 10.7 Å². The Morgan fingerprint density at radius 2 is 2.11 bits per heavy atom. The molecule has 0 atom stereocenters. The molecule has 1 amide bonds. The van der Waals surface area contributed by atoms with Crippen molar-refractivity contribution in [3.05, 3.63) is 23.2 Å². The average molecular weight is 298 g/mol. The molecule has 1 rings (SSSR count). The van der Waals surface area contributed by atoms with Gasteiger partial charge in [0.05, 0.1) is 11.6 Å². The van der Waals surface area contributed by atoms with Crippen molar-refractivity contribution in [2.24, 2.45) is 0 Å². The third kappa shape index (κ3) is 5.69. The van der Waals surface area contributed by atoms with Gasteiger partial charge in [0.15, 0.2) is 6.61 Å². The first kappa shape index (κ1) is 15.4. The van der Waals surface area contributed by atoms with Crippen molar-refractivity contribution >= 4 is 23.4 Å². The zero-order chi connectivity index (χ0) is 14.5. The second-order valence-electron chi connectivity index (χ2n) is 3.39. The summed E-state index contributed by atoms with van der Waals surface area (Å²) >= 11 is 5.84. The van der Waals surface area contributed by atoms with Gasteiger partial charge in [-0.25, -0.2) is 4.79 Å². The summed E-state index contributed by atoms with van der Waals surface area (Å²) < 4.78 is 44.6. The molecule has 0 bridgehead atoms. The van der Waals surface area contributed by atoms with Gasteiger partial charge in [-0.2, -0.15) is 13.2 Å². The Labute approximate surface area is 112 Å². The van der Waals surface area contributed by atoms with Crippen molar-refractivity contribution in [2.75, 3.05) is 18.5 Å². The van der Waals surface area contributed by atoms with Gasteiger partial charge in [-0.05, 0) is 25.1 Å². The lowest BCUT2D eigenvalue weighted by Gasteiger charge is -2.10. The van der Waals surface area contributed by atoms with Crippen LogP contribution in [0.1, 0.15) is 6.92 Å². The van der Waals surface area contributed by atoms with E-state index in [4.69, 9.17) is 16.3 Å². The molecule has 0 unspecified atom stereocenters. The number of rotatable bonds is 4. The largest absolute Gasteiger partial charge is 0.492 e. The molecule has 0 spiro atoms. The van der Waals surface area contributed by atoms with Crippen LogP contribution in [0, 0.1) is 0 Å². The Morgan fingerprint density at radius 1 is 1.42 bits per heavy atom. The number of alkyl halides is 3. The van der Waals surface area contributed by atoms with E-state index in [2.05, 4.69) is 10.1 Å². The van der Waals surface area contributed by atoms with Crippen LogP contribution in [0.25, 0.3) is 0 Å². The molecule has 1 aromatic carbocycles. The van der Waals surface area contributed by atoms with Gasteiger partial charge in [0.25, 0.3) is 0 Å². The van der Waals surface area contributed by atoms with Crippen LogP contribution in [-0.2, 0) is 4.74 Å². The summed E-state index contributed by atoms with van der Waals surface area (Å²) in [4.78, 5) is 11.1. The molecule has 0 aromatic heterocycles. The molecule has 0 aliphatic carbocycles. The third-order valence-electron chi connectivity index (χ3n) is 1.85. The van der Waals surface area contributed by atoms with Crippen LogP contribution in [0.2, 0.25) is 5.02 Å². The van der Waals surface area contributed by atoms with Crippen LogP contribution in [0.4, 0.5) is 23.7 Å². The first-order chi connectivity index (χ1) is 8.81. The maximum Gasteiger partial charge on any atom is 0.422 e. The maximum absolute atomic E-state index is 11.8. The summed E-state index contributed by atoms with van der Waals surface area (Å²) in [5.41, 5.74) is 0.209. The second kappa shape index (κ2) is 6.51. The minimum Gasteiger partial charge on any atom is -0.492 e. The molecule has 1 aromatic rings. The number of amides is 1. The van der Waals surface area contributed by atoms with Gasteiger partial charge >= 0.3 is 12.3 Å². The van der Waals surface area contributed by atoms with Gasteiger partial charge in [0.2, 0.25) is 0 Å². The maximum atomic E-state index is 11.8. The Kier molecular flexibility index (Phi) is 5.29. The van der Waals surface area contributed by atoms with Gasteiger partial charge in [0.1, 0.15) is 5.75 Å². The highest BCUT2D eigenvalue weighted by atomic mass is 35.5. The Morgan fingerprint density at radius 3 is 2.63 bits per heavy atom. The summed E-state index contributed by atoms with van der Waals surface area (Å²) in [6, 6.07) is 4.28. The van der Waals surface area contributed by atoms with E-state index in [9.17, 15) is 18.0 Å². The number of halogens is 4. The van der Waals surface area contributed by atoms with Crippen molar-refractivity contribution in [3.8, 4) is 5.75 Å². The average Bonchev–Trinajstić information content (AvgIpc) is 2.29. The van der Waals surface area contributed by atoms with Crippen LogP contribution in [0.15, 0.2) is 18.2 Å².